The van der Waals surface area contributed by atoms with Gasteiger partial charge in [0.1, 0.15) is 0 Å². The largest absolute Gasteiger partial charge is 0.378 e. The molecule has 0 aliphatic heterocycles. The Kier molecular flexibility index (Phi) is 5.97. The van der Waals surface area contributed by atoms with E-state index in [1.807, 2.05) is 62.3 Å². The Morgan fingerprint density at radius 1 is 0.966 bits per heavy atom. The van der Waals surface area contributed by atoms with Crippen LogP contribution in [0.1, 0.15) is 37.7 Å². The van der Waals surface area contributed by atoms with Gasteiger partial charge in [-0.25, -0.2) is 0 Å². The summed E-state index contributed by atoms with van der Waals surface area (Å²) in [5.74, 6) is -0.773. The Hall–Kier alpha value is -3.61. The van der Waals surface area contributed by atoms with Crippen LogP contribution < -0.4 is 15.8 Å². The Morgan fingerprint density at radius 3 is 2.34 bits per heavy atom. The summed E-state index contributed by atoms with van der Waals surface area (Å²) in [5, 5.41) is 4.48. The normalized spacial score (nSPS) is 10.5. The molecule has 0 bridgehead atoms. The Balaban J connectivity index is 1.69. The second-order valence-electron chi connectivity index (χ2n) is 7.04. The minimum Gasteiger partial charge on any atom is -0.378 e. The summed E-state index contributed by atoms with van der Waals surface area (Å²) in [6.07, 6.45) is 0. The molecule has 0 fully saturated rings. The predicted molar refractivity (Wildman–Crippen MR) is 113 cm³/mol. The third-order valence-corrected chi connectivity index (χ3v) is 4.70. The molecule has 0 aliphatic rings. The van der Waals surface area contributed by atoms with Gasteiger partial charge >= 0.3 is 0 Å². The van der Waals surface area contributed by atoms with E-state index in [0.29, 0.717) is 23.4 Å². The standard InChI is InChI=1S/C22H25N5O2/c1-15-20(16(2)27(25-15)14-17-9-6-5-7-10-17)22(29)24-23-21(28)18-11-8-12-19(13-18)26(3)4/h5-13H,14H2,1-4H3,(H,23,28)(H,24,29). The molecule has 0 atom stereocenters. The maximum atomic E-state index is 12.7. The van der Waals surface area contributed by atoms with Crippen molar-refractivity contribution >= 4 is 17.5 Å². The molecule has 7 nitrogen and oxygen atoms in total. The number of carbonyl (C=O) groups excluding carboxylic acids is 2. The highest BCUT2D eigenvalue weighted by molar-refractivity contribution is 6.00. The van der Waals surface area contributed by atoms with Crippen molar-refractivity contribution in [1.82, 2.24) is 20.6 Å². The molecule has 0 spiro atoms. The summed E-state index contributed by atoms with van der Waals surface area (Å²) >= 11 is 0. The smallest absolute Gasteiger partial charge is 0.273 e. The van der Waals surface area contributed by atoms with E-state index in [0.717, 1.165) is 16.9 Å². The molecule has 0 saturated carbocycles. The second-order valence-corrected chi connectivity index (χ2v) is 7.04. The van der Waals surface area contributed by atoms with E-state index in [9.17, 15) is 9.59 Å². The first-order valence-electron chi connectivity index (χ1n) is 9.33. The number of anilines is 1. The highest BCUT2D eigenvalue weighted by Crippen LogP contribution is 2.15. The highest BCUT2D eigenvalue weighted by atomic mass is 16.2. The molecule has 1 aromatic heterocycles. The number of rotatable bonds is 5. The van der Waals surface area contributed by atoms with E-state index >= 15 is 0 Å². The molecule has 150 valence electrons. The monoisotopic (exact) mass is 391 g/mol. The number of carbonyl (C=O) groups is 2. The van der Waals surface area contributed by atoms with Gasteiger partial charge in [0.05, 0.1) is 17.8 Å². The molecule has 0 unspecified atom stereocenters. The second kappa shape index (κ2) is 8.60. The van der Waals surface area contributed by atoms with Gasteiger partial charge in [-0.05, 0) is 37.6 Å². The van der Waals surface area contributed by atoms with Gasteiger partial charge in [-0.2, -0.15) is 5.10 Å². The zero-order valence-corrected chi connectivity index (χ0v) is 17.1. The first-order valence-corrected chi connectivity index (χ1v) is 9.33. The molecular formula is C22H25N5O2. The summed E-state index contributed by atoms with van der Waals surface area (Å²) in [6.45, 7) is 4.20. The first-order chi connectivity index (χ1) is 13.9. The summed E-state index contributed by atoms with van der Waals surface area (Å²) in [4.78, 5) is 27.0. The van der Waals surface area contributed by atoms with Crippen LogP contribution in [0.15, 0.2) is 54.6 Å². The molecule has 3 aromatic rings. The molecular weight excluding hydrogens is 366 g/mol. The molecule has 0 aliphatic carbocycles. The number of hydrazine groups is 1. The summed E-state index contributed by atoms with van der Waals surface area (Å²) < 4.78 is 1.79. The number of nitrogens with zero attached hydrogens (tertiary/aromatic N) is 3. The van der Waals surface area contributed by atoms with E-state index in [4.69, 9.17) is 0 Å². The van der Waals surface area contributed by atoms with Crippen LogP contribution >= 0.6 is 0 Å². The number of aromatic nitrogens is 2. The fourth-order valence-electron chi connectivity index (χ4n) is 3.11. The van der Waals surface area contributed by atoms with Gasteiger partial charge in [0.2, 0.25) is 0 Å². The number of benzene rings is 2. The van der Waals surface area contributed by atoms with Crippen molar-refractivity contribution in [3.63, 3.8) is 0 Å². The number of hydrogen-bond acceptors (Lipinski definition) is 4. The van der Waals surface area contributed by atoms with Crippen LogP contribution in [-0.4, -0.2) is 35.7 Å². The van der Waals surface area contributed by atoms with Crippen LogP contribution in [-0.2, 0) is 6.54 Å². The van der Waals surface area contributed by atoms with E-state index in [1.165, 1.54) is 0 Å². The quantitative estimate of drug-likeness (QED) is 0.656. The summed E-state index contributed by atoms with van der Waals surface area (Å²) in [7, 11) is 3.80. The van der Waals surface area contributed by atoms with E-state index < -0.39 is 5.91 Å². The van der Waals surface area contributed by atoms with Crippen molar-refractivity contribution in [2.75, 3.05) is 19.0 Å². The topological polar surface area (TPSA) is 79.3 Å². The van der Waals surface area contributed by atoms with Crippen LogP contribution in [0.2, 0.25) is 0 Å². The van der Waals surface area contributed by atoms with E-state index in [1.54, 1.807) is 29.8 Å². The SMILES string of the molecule is Cc1nn(Cc2ccccc2)c(C)c1C(=O)NNC(=O)c1cccc(N(C)C)c1. The van der Waals surface area contributed by atoms with Gasteiger partial charge in [0, 0.05) is 31.0 Å². The van der Waals surface area contributed by atoms with E-state index in [-0.39, 0.29) is 5.91 Å². The molecule has 7 heteroatoms. The lowest BCUT2D eigenvalue weighted by Crippen LogP contribution is -2.42. The van der Waals surface area contributed by atoms with Gasteiger partial charge < -0.3 is 4.90 Å². The Morgan fingerprint density at radius 2 is 1.66 bits per heavy atom. The lowest BCUT2D eigenvalue weighted by Gasteiger charge is -2.13. The number of amides is 2. The summed E-state index contributed by atoms with van der Waals surface area (Å²) in [6, 6.07) is 17.1. The van der Waals surface area contributed by atoms with Crippen LogP contribution in [0, 0.1) is 13.8 Å². The maximum absolute atomic E-state index is 12.7. The third kappa shape index (κ3) is 4.63. The third-order valence-electron chi connectivity index (χ3n) is 4.70. The van der Waals surface area contributed by atoms with Crippen LogP contribution in [0.4, 0.5) is 5.69 Å². The minimum absolute atomic E-state index is 0.381. The van der Waals surface area contributed by atoms with Gasteiger partial charge in [-0.15, -0.1) is 0 Å². The van der Waals surface area contributed by atoms with E-state index in [2.05, 4.69) is 16.0 Å². The van der Waals surface area contributed by atoms with Gasteiger partial charge in [-0.3, -0.25) is 25.1 Å². The molecule has 0 radical (unpaired) electrons. The zero-order chi connectivity index (χ0) is 21.0. The van der Waals surface area contributed by atoms with Crippen LogP contribution in [0.3, 0.4) is 0 Å². The summed E-state index contributed by atoms with van der Waals surface area (Å²) in [5.41, 5.74) is 9.26. The van der Waals surface area contributed by atoms with Crippen molar-refractivity contribution in [2.24, 2.45) is 0 Å². The first kappa shape index (κ1) is 20.1. The lowest BCUT2D eigenvalue weighted by atomic mass is 10.1. The maximum Gasteiger partial charge on any atom is 0.273 e. The van der Waals surface area contributed by atoms with Crippen molar-refractivity contribution in [1.29, 1.82) is 0 Å². The van der Waals surface area contributed by atoms with Crippen molar-refractivity contribution in [2.45, 2.75) is 20.4 Å². The van der Waals surface area contributed by atoms with Gasteiger partial charge in [0.15, 0.2) is 0 Å². The fourth-order valence-corrected chi connectivity index (χ4v) is 3.11. The van der Waals surface area contributed by atoms with Crippen LogP contribution in [0.25, 0.3) is 0 Å². The van der Waals surface area contributed by atoms with Crippen LogP contribution in [0.5, 0.6) is 0 Å². The van der Waals surface area contributed by atoms with Crippen molar-refractivity contribution < 1.29 is 9.59 Å². The van der Waals surface area contributed by atoms with Gasteiger partial charge in [-0.1, -0.05) is 36.4 Å². The molecule has 1 heterocycles. The molecule has 0 saturated heterocycles. The minimum atomic E-state index is -0.392. The number of aryl methyl sites for hydroxylation is 1. The fraction of sp³-hybridized carbons (Fsp3) is 0.227. The number of nitrogens with one attached hydrogen (secondary N) is 2. The predicted octanol–water partition coefficient (Wildman–Crippen LogP) is 2.69. The highest BCUT2D eigenvalue weighted by Gasteiger charge is 2.19. The average Bonchev–Trinajstić information content (AvgIpc) is 2.99. The molecule has 2 amide bonds. The Labute approximate surface area is 170 Å². The molecule has 2 N–H and O–H groups in total. The zero-order valence-electron chi connectivity index (χ0n) is 17.1. The average molecular weight is 391 g/mol. The molecule has 2 aromatic carbocycles. The van der Waals surface area contributed by atoms with Crippen molar-refractivity contribution in [3.05, 3.63) is 82.7 Å². The van der Waals surface area contributed by atoms with Crippen molar-refractivity contribution in [3.8, 4) is 0 Å². The number of hydrogen-bond donors (Lipinski definition) is 2. The van der Waals surface area contributed by atoms with Gasteiger partial charge in [0.25, 0.3) is 11.8 Å². The molecule has 29 heavy (non-hydrogen) atoms. The lowest BCUT2D eigenvalue weighted by molar-refractivity contribution is 0.0846. The Bertz CT molecular complexity index is 1020. The molecule has 3 rings (SSSR count).